The molecular weight excluding hydrogens is 540 g/mol. The lowest BCUT2D eigenvalue weighted by Gasteiger charge is -2.40. The molecule has 0 unspecified atom stereocenters. The van der Waals surface area contributed by atoms with E-state index in [-0.39, 0.29) is 51.5 Å². The van der Waals surface area contributed by atoms with Crippen molar-refractivity contribution in [3.05, 3.63) is 64.7 Å². The van der Waals surface area contributed by atoms with E-state index in [1.165, 1.54) is 43.3 Å². The molecule has 12 heteroatoms. The van der Waals surface area contributed by atoms with Gasteiger partial charge in [-0.15, -0.1) is 0 Å². The van der Waals surface area contributed by atoms with Crippen molar-refractivity contribution >= 4 is 11.8 Å². The summed E-state index contributed by atoms with van der Waals surface area (Å²) in [7, 11) is 0. The van der Waals surface area contributed by atoms with Gasteiger partial charge in [0.15, 0.2) is 5.78 Å². The van der Waals surface area contributed by atoms with E-state index in [2.05, 4.69) is 0 Å². The lowest BCUT2D eigenvalue weighted by atomic mass is 9.91. The van der Waals surface area contributed by atoms with Gasteiger partial charge in [-0.05, 0) is 30.7 Å². The first-order valence-corrected chi connectivity index (χ1v) is 12.8. The summed E-state index contributed by atoms with van der Waals surface area (Å²) in [6.07, 6.45) is -9.15. The number of phenolic OH excluding ortho intramolecular Hbond substituents is 3. The molecule has 0 aliphatic carbocycles. The fourth-order valence-corrected chi connectivity index (χ4v) is 5.26. The van der Waals surface area contributed by atoms with Crippen molar-refractivity contribution < 1.29 is 59.2 Å². The molecule has 1 saturated heterocycles. The minimum atomic E-state index is -1.76. The van der Waals surface area contributed by atoms with E-state index < -0.39 is 66.7 Å². The number of benzene rings is 3. The fraction of sp³-hybridized carbons (Fsp3) is 0.310. The molecule has 0 spiro atoms. The molecule has 41 heavy (non-hydrogen) atoms. The second-order valence-electron chi connectivity index (χ2n) is 10.2. The minimum absolute atomic E-state index is 0.0127. The van der Waals surface area contributed by atoms with Crippen molar-refractivity contribution in [1.82, 2.24) is 0 Å². The number of aliphatic hydroxyl groups is 3. The standard InChI is InChI=1S/C29H26O12/c1-11-18-9-20-22(23(11)32)17(31)8-19(39-20)12-5-6-16(30)15(7-12)13-3-2-4-14(24(13)33)28(37)38-10-21-25(34)26(35)27(36)29(40-18)41-21/h2-7,9,19,21,25-27,29-30,32-36H,8,10H2,1H3/t19-,21+,25-,26-,27+,29+/m0/s1. The monoisotopic (exact) mass is 566 g/mol. The maximum Gasteiger partial charge on any atom is 0.342 e. The zero-order valence-corrected chi connectivity index (χ0v) is 21.6. The molecule has 3 aliphatic heterocycles. The first-order valence-electron chi connectivity index (χ1n) is 12.8. The number of cyclic esters (lactones) is 1. The van der Waals surface area contributed by atoms with Crippen molar-refractivity contribution in [3.8, 4) is 39.9 Å². The van der Waals surface area contributed by atoms with Crippen molar-refractivity contribution in [2.24, 2.45) is 0 Å². The van der Waals surface area contributed by atoms with Crippen LogP contribution in [0.4, 0.5) is 0 Å². The molecule has 12 nitrogen and oxygen atoms in total. The van der Waals surface area contributed by atoms with Crippen LogP contribution < -0.4 is 9.47 Å². The number of carbonyl (C=O) groups is 2. The van der Waals surface area contributed by atoms with Crippen LogP contribution in [-0.4, -0.2) is 79.7 Å². The highest BCUT2D eigenvalue weighted by molar-refractivity contribution is 6.03. The molecule has 1 fully saturated rings. The van der Waals surface area contributed by atoms with Gasteiger partial charge in [0, 0.05) is 22.8 Å². The molecule has 6 rings (SSSR count). The Morgan fingerprint density at radius 2 is 1.56 bits per heavy atom. The number of rotatable bonds is 0. The van der Waals surface area contributed by atoms with Crippen molar-refractivity contribution in [2.45, 2.75) is 50.2 Å². The van der Waals surface area contributed by atoms with E-state index in [0.29, 0.717) is 5.56 Å². The molecule has 0 aromatic heterocycles. The third-order valence-corrected chi connectivity index (χ3v) is 7.62. The largest absolute Gasteiger partial charge is 0.507 e. The Bertz CT molecular complexity index is 1570. The van der Waals surface area contributed by atoms with E-state index >= 15 is 0 Å². The second-order valence-corrected chi connectivity index (χ2v) is 10.2. The van der Waals surface area contributed by atoms with Gasteiger partial charge < -0.3 is 49.6 Å². The van der Waals surface area contributed by atoms with Crippen molar-refractivity contribution in [3.63, 3.8) is 0 Å². The van der Waals surface area contributed by atoms with Gasteiger partial charge in [-0.3, -0.25) is 4.79 Å². The molecular formula is C29H26O12. The highest BCUT2D eigenvalue weighted by Gasteiger charge is 2.46. The molecule has 0 amide bonds. The zero-order valence-electron chi connectivity index (χ0n) is 21.6. The lowest BCUT2D eigenvalue weighted by Crippen LogP contribution is -2.60. The highest BCUT2D eigenvalue weighted by atomic mass is 16.7. The molecule has 3 heterocycles. The average molecular weight is 567 g/mol. The molecule has 3 aliphatic rings. The molecule has 6 atom stereocenters. The first-order chi connectivity index (χ1) is 19.5. The summed E-state index contributed by atoms with van der Waals surface area (Å²) in [6, 6.07) is 10.0. The summed E-state index contributed by atoms with van der Waals surface area (Å²) in [5.74, 6) is -2.58. The van der Waals surface area contributed by atoms with Crippen LogP contribution in [0.1, 0.15) is 44.4 Å². The van der Waals surface area contributed by atoms with Crippen LogP contribution in [0, 0.1) is 6.92 Å². The predicted octanol–water partition coefficient (Wildman–Crippen LogP) is 1.84. The number of para-hydroxylation sites is 1. The van der Waals surface area contributed by atoms with Gasteiger partial charge in [0.25, 0.3) is 0 Å². The number of ether oxygens (including phenoxy) is 4. The smallest absolute Gasteiger partial charge is 0.342 e. The van der Waals surface area contributed by atoms with Gasteiger partial charge in [0.1, 0.15) is 77.0 Å². The van der Waals surface area contributed by atoms with Crippen molar-refractivity contribution in [2.75, 3.05) is 6.61 Å². The third-order valence-electron chi connectivity index (χ3n) is 7.62. The van der Waals surface area contributed by atoms with Gasteiger partial charge in [-0.2, -0.15) is 0 Å². The normalized spacial score (nSPS) is 27.2. The Hall–Kier alpha value is -4.36. The van der Waals surface area contributed by atoms with Crippen molar-refractivity contribution in [1.29, 1.82) is 0 Å². The Morgan fingerprint density at radius 1 is 0.805 bits per heavy atom. The topological polar surface area (TPSA) is 192 Å². The molecule has 0 radical (unpaired) electrons. The maximum absolute atomic E-state index is 13.2. The minimum Gasteiger partial charge on any atom is -0.507 e. The van der Waals surface area contributed by atoms with E-state index in [0.717, 1.165) is 0 Å². The van der Waals surface area contributed by atoms with Gasteiger partial charge >= 0.3 is 5.97 Å². The predicted molar refractivity (Wildman–Crippen MR) is 138 cm³/mol. The number of carbonyl (C=O) groups excluding carboxylic acids is 2. The summed E-state index contributed by atoms with van der Waals surface area (Å²) in [5.41, 5.74) is 0.531. The van der Waals surface area contributed by atoms with Crippen LogP contribution in [0.5, 0.6) is 28.7 Å². The maximum atomic E-state index is 13.2. The molecule has 214 valence electrons. The summed E-state index contributed by atoms with van der Waals surface area (Å²) in [4.78, 5) is 26.1. The fourth-order valence-electron chi connectivity index (χ4n) is 5.26. The Kier molecular flexibility index (Phi) is 6.50. The SMILES string of the molecule is Cc1c2cc3c(c1O)C(=O)C[C@H](O3)c1ccc(O)c(c1)-c1cccc(c1O)C(=O)OC[C@H]1O[C@@H](O2)[C@H](O)[C@@H](O)[C@H]1O. The zero-order chi connectivity index (χ0) is 29.2. The number of fused-ring (bicyclic) bond motifs is 10. The van der Waals surface area contributed by atoms with E-state index in [1.54, 1.807) is 6.07 Å². The molecule has 6 N–H and O–H groups in total. The summed E-state index contributed by atoms with van der Waals surface area (Å²) in [5, 5.41) is 64.0. The van der Waals surface area contributed by atoms with E-state index in [1.807, 2.05) is 0 Å². The lowest BCUT2D eigenvalue weighted by molar-refractivity contribution is -0.277. The molecule has 0 saturated carbocycles. The van der Waals surface area contributed by atoms with E-state index in [4.69, 9.17) is 18.9 Å². The number of aromatic hydroxyl groups is 3. The second kappa shape index (κ2) is 9.93. The number of ketones is 1. The highest BCUT2D eigenvalue weighted by Crippen LogP contribution is 2.46. The van der Waals surface area contributed by atoms with Crippen LogP contribution in [-0.2, 0) is 9.47 Å². The number of phenols is 3. The number of hydrogen-bond acceptors (Lipinski definition) is 12. The number of Topliss-reactive ketones (excluding diaryl/α,β-unsaturated/α-hetero) is 1. The van der Waals surface area contributed by atoms with Gasteiger partial charge in [0.05, 0.1) is 6.42 Å². The van der Waals surface area contributed by atoms with Crippen LogP contribution in [0.25, 0.3) is 11.1 Å². The quantitative estimate of drug-likeness (QED) is 0.217. The molecule has 3 aromatic rings. The summed E-state index contributed by atoms with van der Waals surface area (Å²) in [6.45, 7) is 0.879. The Balaban J connectivity index is 1.52. The molecule has 3 aromatic carbocycles. The van der Waals surface area contributed by atoms with Crippen LogP contribution in [0.15, 0.2) is 42.5 Å². The molecule has 9 bridgehead atoms. The van der Waals surface area contributed by atoms with Gasteiger partial charge in [-0.25, -0.2) is 4.79 Å². The summed E-state index contributed by atoms with van der Waals surface area (Å²) >= 11 is 0. The number of esters is 1. The number of aliphatic hydroxyl groups excluding tert-OH is 3. The van der Waals surface area contributed by atoms with E-state index in [9.17, 15) is 40.2 Å². The van der Waals surface area contributed by atoms with Crippen LogP contribution in [0.3, 0.4) is 0 Å². The summed E-state index contributed by atoms with van der Waals surface area (Å²) < 4.78 is 22.8. The Morgan fingerprint density at radius 3 is 2.34 bits per heavy atom. The van der Waals surface area contributed by atoms with Crippen LogP contribution in [0.2, 0.25) is 0 Å². The number of hydrogen-bond donors (Lipinski definition) is 6. The van der Waals surface area contributed by atoms with Gasteiger partial charge in [0.2, 0.25) is 6.29 Å². The van der Waals surface area contributed by atoms with Crippen LogP contribution >= 0.6 is 0 Å². The van der Waals surface area contributed by atoms with Gasteiger partial charge in [-0.1, -0.05) is 18.2 Å². The average Bonchev–Trinajstić information content (AvgIpc) is 2.95. The Labute approximate surface area is 232 Å². The third kappa shape index (κ3) is 4.41. The first kappa shape index (κ1) is 26.8.